The Balaban J connectivity index is 2.47. The van der Waals surface area contributed by atoms with E-state index < -0.39 is 0 Å². The third-order valence-electron chi connectivity index (χ3n) is 1.96. The molecular weight excluding hydrogens is 287 g/mol. The lowest BCUT2D eigenvalue weighted by molar-refractivity contribution is -0.127. The summed E-state index contributed by atoms with van der Waals surface area (Å²) >= 11 is 11.8. The molecule has 0 atom stereocenters. The monoisotopic (exact) mass is 302 g/mol. The summed E-state index contributed by atoms with van der Waals surface area (Å²) in [7, 11) is 0. The molecular formula is C13H16Cl2N2O2. The third kappa shape index (κ3) is 5.94. The van der Waals surface area contributed by atoms with E-state index in [1.807, 2.05) is 20.8 Å². The van der Waals surface area contributed by atoms with Crippen LogP contribution < -0.4 is 5.32 Å². The van der Waals surface area contributed by atoms with Crippen molar-refractivity contribution >= 4 is 35.3 Å². The second-order valence-electron chi connectivity index (χ2n) is 4.95. The summed E-state index contributed by atoms with van der Waals surface area (Å²) in [5.74, 6) is -0.234. The predicted molar refractivity (Wildman–Crippen MR) is 77.9 cm³/mol. The Kier molecular flexibility index (Phi) is 5.63. The van der Waals surface area contributed by atoms with Gasteiger partial charge in [-0.1, -0.05) is 40.5 Å². The van der Waals surface area contributed by atoms with Crippen molar-refractivity contribution in [2.24, 2.45) is 5.16 Å². The van der Waals surface area contributed by atoms with Gasteiger partial charge in [-0.05, 0) is 26.8 Å². The van der Waals surface area contributed by atoms with Crippen LogP contribution in [0, 0.1) is 0 Å². The maximum atomic E-state index is 11.4. The normalized spacial score (nSPS) is 11.6. The lowest BCUT2D eigenvalue weighted by Crippen LogP contribution is -2.42. The minimum absolute atomic E-state index is 0.147. The Morgan fingerprint density at radius 3 is 2.74 bits per heavy atom. The number of amides is 1. The fourth-order valence-electron chi connectivity index (χ4n) is 1.26. The molecule has 1 rings (SSSR count). The predicted octanol–water partition coefficient (Wildman–Crippen LogP) is 3.26. The first-order valence-corrected chi connectivity index (χ1v) is 6.45. The summed E-state index contributed by atoms with van der Waals surface area (Å²) < 4.78 is 0. The van der Waals surface area contributed by atoms with E-state index in [1.54, 1.807) is 18.2 Å². The number of carbonyl (C=O) groups is 1. The minimum atomic E-state index is -0.291. The molecule has 0 fully saturated rings. The molecule has 0 aliphatic carbocycles. The molecule has 0 aromatic heterocycles. The molecule has 0 bridgehead atoms. The van der Waals surface area contributed by atoms with Gasteiger partial charge in [-0.3, -0.25) is 4.79 Å². The largest absolute Gasteiger partial charge is 0.386 e. The zero-order chi connectivity index (χ0) is 14.5. The topological polar surface area (TPSA) is 50.7 Å². The number of benzene rings is 1. The van der Waals surface area contributed by atoms with Crippen LogP contribution in [-0.2, 0) is 9.63 Å². The average molecular weight is 303 g/mol. The van der Waals surface area contributed by atoms with Crippen LogP contribution in [0.2, 0.25) is 10.0 Å². The first-order chi connectivity index (χ1) is 8.79. The van der Waals surface area contributed by atoms with E-state index in [9.17, 15) is 4.79 Å². The molecule has 1 amide bonds. The van der Waals surface area contributed by atoms with Crippen molar-refractivity contribution in [3.05, 3.63) is 33.8 Å². The smallest absolute Gasteiger partial charge is 0.261 e. The number of nitrogens with zero attached hydrogens (tertiary/aromatic N) is 1. The van der Waals surface area contributed by atoms with Gasteiger partial charge < -0.3 is 10.2 Å². The van der Waals surface area contributed by atoms with Crippen molar-refractivity contribution in [2.45, 2.75) is 26.3 Å². The molecule has 1 aromatic carbocycles. The van der Waals surface area contributed by atoms with Gasteiger partial charge in [0, 0.05) is 11.1 Å². The van der Waals surface area contributed by atoms with Crippen LogP contribution >= 0.6 is 23.2 Å². The standard InChI is InChI=1S/C13H16Cl2N2O2/c1-13(2,3)17-11(18)8-19-16-7-9-5-4-6-10(14)12(9)15/h4-7H,8H2,1-3H3,(H,17,18)/b16-7-. The van der Waals surface area contributed by atoms with E-state index in [0.29, 0.717) is 15.6 Å². The van der Waals surface area contributed by atoms with Crippen LogP contribution in [0.5, 0.6) is 0 Å². The van der Waals surface area contributed by atoms with Gasteiger partial charge in [0.1, 0.15) is 0 Å². The second-order valence-corrected chi connectivity index (χ2v) is 5.73. The molecule has 0 saturated heterocycles. The van der Waals surface area contributed by atoms with Crippen LogP contribution in [0.15, 0.2) is 23.4 Å². The number of halogens is 2. The molecule has 6 heteroatoms. The van der Waals surface area contributed by atoms with Gasteiger partial charge in [0.25, 0.3) is 5.91 Å². The summed E-state index contributed by atoms with van der Waals surface area (Å²) in [6.07, 6.45) is 1.42. The zero-order valence-corrected chi connectivity index (χ0v) is 12.5. The van der Waals surface area contributed by atoms with Crippen molar-refractivity contribution in [1.29, 1.82) is 0 Å². The van der Waals surface area contributed by atoms with Crippen molar-refractivity contribution in [3.63, 3.8) is 0 Å². The average Bonchev–Trinajstić information content (AvgIpc) is 2.27. The Bertz CT molecular complexity index is 482. The minimum Gasteiger partial charge on any atom is -0.386 e. The third-order valence-corrected chi connectivity index (χ3v) is 2.79. The van der Waals surface area contributed by atoms with Crippen molar-refractivity contribution in [2.75, 3.05) is 6.61 Å². The molecule has 19 heavy (non-hydrogen) atoms. The fraction of sp³-hybridized carbons (Fsp3) is 0.385. The van der Waals surface area contributed by atoms with E-state index in [2.05, 4.69) is 10.5 Å². The van der Waals surface area contributed by atoms with Crippen LogP contribution in [0.3, 0.4) is 0 Å². The van der Waals surface area contributed by atoms with Gasteiger partial charge in [-0.15, -0.1) is 0 Å². The van der Waals surface area contributed by atoms with Crippen molar-refractivity contribution < 1.29 is 9.63 Å². The van der Waals surface area contributed by atoms with Gasteiger partial charge in [0.15, 0.2) is 6.61 Å². The number of hydrogen-bond acceptors (Lipinski definition) is 3. The van der Waals surface area contributed by atoms with Gasteiger partial charge in [-0.25, -0.2) is 0 Å². The van der Waals surface area contributed by atoms with Crippen LogP contribution in [0.1, 0.15) is 26.3 Å². The highest BCUT2D eigenvalue weighted by atomic mass is 35.5. The molecule has 0 radical (unpaired) electrons. The maximum absolute atomic E-state index is 11.4. The fourth-order valence-corrected chi connectivity index (χ4v) is 1.62. The maximum Gasteiger partial charge on any atom is 0.261 e. The second kappa shape index (κ2) is 6.78. The molecule has 0 unspecified atom stereocenters. The summed E-state index contributed by atoms with van der Waals surface area (Å²) in [5, 5.41) is 7.28. The highest BCUT2D eigenvalue weighted by Gasteiger charge is 2.13. The number of oxime groups is 1. The van der Waals surface area contributed by atoms with Crippen molar-refractivity contribution in [3.8, 4) is 0 Å². The molecule has 0 aliphatic rings. The Hall–Kier alpha value is -1.26. The van der Waals surface area contributed by atoms with E-state index in [0.717, 1.165) is 0 Å². The summed E-state index contributed by atoms with van der Waals surface area (Å²) in [6.45, 7) is 5.52. The van der Waals surface area contributed by atoms with E-state index in [-0.39, 0.29) is 18.1 Å². The number of nitrogens with one attached hydrogen (secondary N) is 1. The van der Waals surface area contributed by atoms with Gasteiger partial charge in [0.2, 0.25) is 0 Å². The molecule has 0 aliphatic heterocycles. The molecule has 104 valence electrons. The highest BCUT2D eigenvalue weighted by molar-refractivity contribution is 6.43. The Morgan fingerprint density at radius 2 is 2.11 bits per heavy atom. The van der Waals surface area contributed by atoms with E-state index in [1.165, 1.54) is 6.21 Å². The van der Waals surface area contributed by atoms with Crippen LogP contribution in [-0.4, -0.2) is 24.3 Å². The van der Waals surface area contributed by atoms with E-state index in [4.69, 9.17) is 28.0 Å². The van der Waals surface area contributed by atoms with Crippen LogP contribution in [0.4, 0.5) is 0 Å². The number of carbonyl (C=O) groups excluding carboxylic acids is 1. The summed E-state index contributed by atoms with van der Waals surface area (Å²) in [4.78, 5) is 16.3. The Labute approximate surface area is 122 Å². The van der Waals surface area contributed by atoms with Gasteiger partial charge in [0.05, 0.1) is 16.3 Å². The van der Waals surface area contributed by atoms with E-state index >= 15 is 0 Å². The molecule has 4 nitrogen and oxygen atoms in total. The quantitative estimate of drug-likeness (QED) is 0.685. The first-order valence-electron chi connectivity index (χ1n) is 5.70. The van der Waals surface area contributed by atoms with Crippen molar-refractivity contribution in [1.82, 2.24) is 5.32 Å². The summed E-state index contributed by atoms with van der Waals surface area (Å²) in [5.41, 5.74) is 0.339. The molecule has 1 N–H and O–H groups in total. The Morgan fingerprint density at radius 1 is 1.42 bits per heavy atom. The molecule has 0 spiro atoms. The lowest BCUT2D eigenvalue weighted by Gasteiger charge is -2.19. The SMILES string of the molecule is CC(C)(C)NC(=O)CO/N=C\c1cccc(Cl)c1Cl. The van der Waals surface area contributed by atoms with Crippen LogP contribution in [0.25, 0.3) is 0 Å². The molecule has 0 saturated carbocycles. The summed E-state index contributed by atoms with van der Waals surface area (Å²) in [6, 6.07) is 5.18. The number of rotatable bonds is 4. The molecule has 0 heterocycles. The molecule has 1 aromatic rings. The van der Waals surface area contributed by atoms with Gasteiger partial charge >= 0.3 is 0 Å². The highest BCUT2D eigenvalue weighted by Crippen LogP contribution is 2.24. The first kappa shape index (κ1) is 15.8. The van der Waals surface area contributed by atoms with Gasteiger partial charge in [-0.2, -0.15) is 0 Å². The zero-order valence-electron chi connectivity index (χ0n) is 11.0. The number of hydrogen-bond donors (Lipinski definition) is 1. The lowest BCUT2D eigenvalue weighted by atomic mass is 10.1.